The zero-order valence-electron chi connectivity index (χ0n) is 12.8. The molecule has 4 nitrogen and oxygen atoms in total. The molecule has 0 fully saturated rings. The molecule has 1 aromatic heterocycles. The van der Waals surface area contributed by atoms with E-state index in [4.69, 9.17) is 4.98 Å². The Labute approximate surface area is 122 Å². The van der Waals surface area contributed by atoms with Gasteiger partial charge in [-0.2, -0.15) is 5.26 Å². The summed E-state index contributed by atoms with van der Waals surface area (Å²) in [4.78, 5) is 9.07. The number of aryl methyl sites for hydroxylation is 2. The van der Waals surface area contributed by atoms with Crippen LogP contribution in [0.1, 0.15) is 36.1 Å². The highest BCUT2D eigenvalue weighted by molar-refractivity contribution is 5.56. The van der Waals surface area contributed by atoms with Crippen molar-refractivity contribution in [1.29, 1.82) is 5.26 Å². The van der Waals surface area contributed by atoms with Gasteiger partial charge in [-0.15, -0.1) is 0 Å². The second kappa shape index (κ2) is 6.71. The Morgan fingerprint density at radius 1 is 1.20 bits per heavy atom. The van der Waals surface area contributed by atoms with E-state index >= 15 is 0 Å². The molecule has 1 aromatic rings. The molecule has 1 aliphatic carbocycles. The smallest absolute Gasteiger partial charge is 0.146 e. The number of aromatic nitrogens is 1. The number of rotatable bonds is 5. The lowest BCUT2D eigenvalue weighted by atomic mass is 9.95. The van der Waals surface area contributed by atoms with Crippen molar-refractivity contribution in [1.82, 2.24) is 9.88 Å². The summed E-state index contributed by atoms with van der Waals surface area (Å²) in [7, 11) is 6.20. The molecule has 0 bridgehead atoms. The van der Waals surface area contributed by atoms with Gasteiger partial charge in [0.25, 0.3) is 0 Å². The third-order valence-corrected chi connectivity index (χ3v) is 3.86. The second-order valence-electron chi connectivity index (χ2n) is 5.86. The first kappa shape index (κ1) is 14.8. The molecule has 0 atom stereocenters. The molecule has 1 heterocycles. The lowest BCUT2D eigenvalue weighted by Gasteiger charge is -2.23. The maximum Gasteiger partial charge on any atom is 0.146 e. The molecule has 4 heteroatoms. The van der Waals surface area contributed by atoms with Crippen LogP contribution in [0.3, 0.4) is 0 Å². The fourth-order valence-corrected chi connectivity index (χ4v) is 2.73. The molecule has 0 spiro atoms. The highest BCUT2D eigenvalue weighted by atomic mass is 15.2. The SMILES string of the molecule is CN(C)CCCN(C)c1nc2c(cc1C#N)CCCC2. The summed E-state index contributed by atoms with van der Waals surface area (Å²) in [6, 6.07) is 4.37. The standard InChI is InChI=1S/C16H24N4/c1-19(2)9-6-10-20(3)16-14(12-17)11-13-7-4-5-8-15(13)18-16/h11H,4-10H2,1-3H3. The van der Waals surface area contributed by atoms with Crippen LogP contribution < -0.4 is 4.90 Å². The molecule has 0 saturated heterocycles. The van der Waals surface area contributed by atoms with Gasteiger partial charge < -0.3 is 9.80 Å². The van der Waals surface area contributed by atoms with E-state index in [-0.39, 0.29) is 0 Å². The average molecular weight is 272 g/mol. The Morgan fingerprint density at radius 2 is 1.95 bits per heavy atom. The van der Waals surface area contributed by atoms with E-state index in [1.165, 1.54) is 24.1 Å². The van der Waals surface area contributed by atoms with Gasteiger partial charge in [0, 0.05) is 19.3 Å². The molecule has 0 unspecified atom stereocenters. The van der Waals surface area contributed by atoms with Crippen molar-refractivity contribution in [2.75, 3.05) is 39.1 Å². The predicted octanol–water partition coefficient (Wildman–Crippen LogP) is 2.22. The highest BCUT2D eigenvalue weighted by Crippen LogP contribution is 2.25. The lowest BCUT2D eigenvalue weighted by molar-refractivity contribution is 0.401. The summed E-state index contributed by atoms with van der Waals surface area (Å²) < 4.78 is 0. The largest absolute Gasteiger partial charge is 0.359 e. The van der Waals surface area contributed by atoms with Crippen LogP contribution in [0.25, 0.3) is 0 Å². The molecule has 0 saturated carbocycles. The molecule has 0 amide bonds. The number of pyridine rings is 1. The first-order valence-corrected chi connectivity index (χ1v) is 7.40. The molecular formula is C16H24N4. The Bertz CT molecular complexity index is 502. The first-order chi connectivity index (χ1) is 9.61. The number of hydrogen-bond acceptors (Lipinski definition) is 4. The molecule has 20 heavy (non-hydrogen) atoms. The summed E-state index contributed by atoms with van der Waals surface area (Å²) in [5.41, 5.74) is 3.20. The van der Waals surface area contributed by atoms with Gasteiger partial charge in [-0.25, -0.2) is 4.98 Å². The summed E-state index contributed by atoms with van der Waals surface area (Å²) in [5, 5.41) is 9.36. The van der Waals surface area contributed by atoms with E-state index in [0.717, 1.165) is 43.7 Å². The van der Waals surface area contributed by atoms with Crippen molar-refractivity contribution in [3.05, 3.63) is 22.9 Å². The van der Waals surface area contributed by atoms with Gasteiger partial charge in [0.1, 0.15) is 11.9 Å². The van der Waals surface area contributed by atoms with Crippen LogP contribution in [-0.2, 0) is 12.8 Å². The molecule has 0 aliphatic heterocycles. The number of hydrogen-bond donors (Lipinski definition) is 0. The zero-order chi connectivity index (χ0) is 14.5. The lowest BCUT2D eigenvalue weighted by Crippen LogP contribution is -2.25. The topological polar surface area (TPSA) is 43.2 Å². The zero-order valence-corrected chi connectivity index (χ0v) is 12.8. The fraction of sp³-hybridized carbons (Fsp3) is 0.625. The number of nitrogens with zero attached hydrogens (tertiary/aromatic N) is 4. The van der Waals surface area contributed by atoms with E-state index in [0.29, 0.717) is 0 Å². The van der Waals surface area contributed by atoms with E-state index in [2.05, 4.69) is 36.0 Å². The second-order valence-corrected chi connectivity index (χ2v) is 5.86. The van der Waals surface area contributed by atoms with Crippen molar-refractivity contribution in [3.8, 4) is 6.07 Å². The normalized spacial score (nSPS) is 13.9. The number of anilines is 1. The van der Waals surface area contributed by atoms with Crippen LogP contribution in [0.2, 0.25) is 0 Å². The fourth-order valence-electron chi connectivity index (χ4n) is 2.73. The molecule has 108 valence electrons. The summed E-state index contributed by atoms with van der Waals surface area (Å²) in [5.74, 6) is 0.854. The molecule has 0 N–H and O–H groups in total. The van der Waals surface area contributed by atoms with Gasteiger partial charge in [-0.05, 0) is 64.4 Å². The molecule has 1 aliphatic rings. The van der Waals surface area contributed by atoms with Gasteiger partial charge in [0.15, 0.2) is 0 Å². The van der Waals surface area contributed by atoms with Crippen molar-refractivity contribution >= 4 is 5.82 Å². The van der Waals surface area contributed by atoms with Crippen molar-refractivity contribution in [3.63, 3.8) is 0 Å². The summed E-state index contributed by atoms with van der Waals surface area (Å²) in [6.07, 6.45) is 5.64. The molecular weight excluding hydrogens is 248 g/mol. The van der Waals surface area contributed by atoms with Gasteiger partial charge in [-0.1, -0.05) is 0 Å². The van der Waals surface area contributed by atoms with E-state index < -0.39 is 0 Å². The Balaban J connectivity index is 2.15. The van der Waals surface area contributed by atoms with E-state index in [9.17, 15) is 5.26 Å². The van der Waals surface area contributed by atoms with Crippen molar-refractivity contribution in [2.24, 2.45) is 0 Å². The Hall–Kier alpha value is -1.60. The third-order valence-electron chi connectivity index (χ3n) is 3.86. The minimum Gasteiger partial charge on any atom is -0.359 e. The van der Waals surface area contributed by atoms with Gasteiger partial charge >= 0.3 is 0 Å². The quantitative estimate of drug-likeness (QED) is 0.824. The number of nitriles is 1. The van der Waals surface area contributed by atoms with Crippen LogP contribution in [0.4, 0.5) is 5.82 Å². The van der Waals surface area contributed by atoms with Crippen LogP contribution in [0, 0.1) is 11.3 Å². The van der Waals surface area contributed by atoms with Crippen molar-refractivity contribution in [2.45, 2.75) is 32.1 Å². The van der Waals surface area contributed by atoms with E-state index in [1.54, 1.807) is 0 Å². The summed E-state index contributed by atoms with van der Waals surface area (Å²) >= 11 is 0. The van der Waals surface area contributed by atoms with Gasteiger partial charge in [-0.3, -0.25) is 0 Å². The Kier molecular flexibility index (Phi) is 4.97. The highest BCUT2D eigenvalue weighted by Gasteiger charge is 2.17. The summed E-state index contributed by atoms with van der Waals surface area (Å²) in [6.45, 7) is 1.98. The maximum atomic E-state index is 9.36. The minimum atomic E-state index is 0.720. The molecule has 0 aromatic carbocycles. The van der Waals surface area contributed by atoms with Crippen molar-refractivity contribution < 1.29 is 0 Å². The first-order valence-electron chi connectivity index (χ1n) is 7.40. The average Bonchev–Trinajstić information content (AvgIpc) is 2.45. The van der Waals surface area contributed by atoms with Gasteiger partial charge in [0.05, 0.1) is 5.56 Å². The van der Waals surface area contributed by atoms with Crippen LogP contribution in [-0.4, -0.2) is 44.1 Å². The monoisotopic (exact) mass is 272 g/mol. The molecule has 2 rings (SSSR count). The van der Waals surface area contributed by atoms with Gasteiger partial charge in [0.2, 0.25) is 0 Å². The minimum absolute atomic E-state index is 0.720. The Morgan fingerprint density at radius 3 is 2.65 bits per heavy atom. The van der Waals surface area contributed by atoms with E-state index in [1.807, 2.05) is 7.05 Å². The predicted molar refractivity (Wildman–Crippen MR) is 82.0 cm³/mol. The van der Waals surface area contributed by atoms with Crippen LogP contribution >= 0.6 is 0 Å². The van der Waals surface area contributed by atoms with Crippen LogP contribution in [0.15, 0.2) is 6.07 Å². The molecule has 0 radical (unpaired) electrons. The van der Waals surface area contributed by atoms with Crippen LogP contribution in [0.5, 0.6) is 0 Å². The maximum absolute atomic E-state index is 9.36. The number of fused-ring (bicyclic) bond motifs is 1. The third kappa shape index (κ3) is 3.49.